The molecule has 0 spiro atoms. The van der Waals surface area contributed by atoms with Gasteiger partial charge in [-0.1, -0.05) is 36.4 Å². The van der Waals surface area contributed by atoms with Crippen LogP contribution in [0.15, 0.2) is 42.0 Å². The van der Waals surface area contributed by atoms with Crippen LogP contribution in [0.1, 0.15) is 92.7 Å². The molecule has 8 heteroatoms. The molecule has 1 saturated heterocycles. The van der Waals surface area contributed by atoms with Crippen LogP contribution in [0.25, 0.3) is 0 Å². The van der Waals surface area contributed by atoms with Crippen molar-refractivity contribution in [2.45, 2.75) is 116 Å². The fraction of sp³-hybridized carbons (Fsp3) is 0.621. The molecule has 3 rings (SSSR count). The second-order valence-corrected chi connectivity index (χ2v) is 12.3. The van der Waals surface area contributed by atoms with E-state index in [4.69, 9.17) is 14.2 Å². The molecule has 37 heavy (non-hydrogen) atoms. The zero-order valence-corrected chi connectivity index (χ0v) is 23.4. The van der Waals surface area contributed by atoms with Crippen molar-refractivity contribution >= 4 is 18.0 Å². The van der Waals surface area contributed by atoms with Gasteiger partial charge in [-0.2, -0.15) is 0 Å². The highest BCUT2D eigenvalue weighted by Gasteiger charge is 2.51. The van der Waals surface area contributed by atoms with E-state index in [0.29, 0.717) is 12.8 Å². The molecule has 8 nitrogen and oxygen atoms in total. The van der Waals surface area contributed by atoms with Crippen LogP contribution >= 0.6 is 0 Å². The second-order valence-electron chi connectivity index (χ2n) is 12.3. The summed E-state index contributed by atoms with van der Waals surface area (Å²) in [6.07, 6.45) is 2.26. The Kier molecular flexibility index (Phi) is 8.42. The standard InChI is InChI=1S/C29H42N2O6/c1-27(2,3)36-25(33)30-22-16-14-20(22)18-21(32)15-17-23-24(19-12-10-9-11-13-19)35-29(7,8)31(23)26(34)37-28(4,5)6/h9-14,22-24H,15-18H2,1-8H3,(H,30,33)/t22-,23-,24-/m1/s1. The highest BCUT2D eigenvalue weighted by atomic mass is 16.6. The lowest BCUT2D eigenvalue weighted by atomic mass is 9.87. The van der Waals surface area contributed by atoms with Crippen molar-refractivity contribution < 1.29 is 28.6 Å². The third-order valence-electron chi connectivity index (χ3n) is 6.27. The molecule has 1 fully saturated rings. The summed E-state index contributed by atoms with van der Waals surface area (Å²) < 4.78 is 17.4. The van der Waals surface area contributed by atoms with Gasteiger partial charge in [-0.05, 0) is 79.4 Å². The maximum Gasteiger partial charge on any atom is 0.412 e. The van der Waals surface area contributed by atoms with Crippen LogP contribution in [0.2, 0.25) is 0 Å². The van der Waals surface area contributed by atoms with Crippen LogP contribution in [0, 0.1) is 0 Å². The van der Waals surface area contributed by atoms with E-state index in [-0.39, 0.29) is 36.8 Å². The molecular weight excluding hydrogens is 472 g/mol. The van der Waals surface area contributed by atoms with Crippen molar-refractivity contribution in [3.8, 4) is 0 Å². The molecule has 2 aliphatic rings. The number of ether oxygens (including phenoxy) is 3. The lowest BCUT2D eigenvalue weighted by Crippen LogP contribution is -2.50. The minimum Gasteiger partial charge on any atom is -0.444 e. The molecule has 0 saturated carbocycles. The van der Waals surface area contributed by atoms with E-state index >= 15 is 0 Å². The first-order valence-electron chi connectivity index (χ1n) is 13.0. The first kappa shape index (κ1) is 28.7. The summed E-state index contributed by atoms with van der Waals surface area (Å²) >= 11 is 0. The fourth-order valence-corrected chi connectivity index (χ4v) is 4.68. The molecule has 1 aliphatic carbocycles. The summed E-state index contributed by atoms with van der Waals surface area (Å²) in [5, 5.41) is 2.84. The van der Waals surface area contributed by atoms with E-state index in [2.05, 4.69) is 5.32 Å². The van der Waals surface area contributed by atoms with Crippen LogP contribution in [-0.2, 0) is 19.0 Å². The van der Waals surface area contributed by atoms with Gasteiger partial charge in [0.15, 0.2) is 0 Å². The van der Waals surface area contributed by atoms with E-state index in [1.165, 1.54) is 0 Å². The summed E-state index contributed by atoms with van der Waals surface area (Å²) in [5.74, 6) is 0.0441. The summed E-state index contributed by atoms with van der Waals surface area (Å²) in [5.41, 5.74) is -0.314. The molecule has 0 aromatic heterocycles. The van der Waals surface area contributed by atoms with Crippen molar-refractivity contribution in [3.05, 3.63) is 47.5 Å². The number of benzene rings is 1. The monoisotopic (exact) mass is 514 g/mol. The van der Waals surface area contributed by atoms with Gasteiger partial charge in [-0.25, -0.2) is 9.59 Å². The lowest BCUT2D eigenvalue weighted by Gasteiger charge is -2.35. The number of hydrogen-bond acceptors (Lipinski definition) is 6. The first-order valence-corrected chi connectivity index (χ1v) is 13.0. The quantitative estimate of drug-likeness (QED) is 0.444. The Balaban J connectivity index is 1.68. The van der Waals surface area contributed by atoms with Gasteiger partial charge in [0, 0.05) is 12.8 Å². The largest absolute Gasteiger partial charge is 0.444 e. The topological polar surface area (TPSA) is 94.2 Å². The lowest BCUT2D eigenvalue weighted by molar-refractivity contribution is -0.119. The highest BCUT2D eigenvalue weighted by molar-refractivity contribution is 5.82. The minimum absolute atomic E-state index is 0.0441. The number of Topliss-reactive ketones (excluding diaryl/α,β-unsaturated/α-hetero) is 1. The van der Waals surface area contributed by atoms with Gasteiger partial charge >= 0.3 is 12.2 Å². The summed E-state index contributed by atoms with van der Waals surface area (Å²) in [6, 6.07) is 9.18. The molecule has 0 bridgehead atoms. The number of hydrogen-bond donors (Lipinski definition) is 1. The van der Waals surface area contributed by atoms with Crippen molar-refractivity contribution in [2.24, 2.45) is 0 Å². The Labute approximate surface area is 220 Å². The number of nitrogens with zero attached hydrogens (tertiary/aromatic N) is 1. The molecule has 1 aliphatic heterocycles. The van der Waals surface area contributed by atoms with Crippen LogP contribution in [0.3, 0.4) is 0 Å². The molecule has 0 unspecified atom stereocenters. The molecule has 2 amide bonds. The molecule has 1 heterocycles. The SMILES string of the molecule is CC(C)(C)OC(=O)N[C@@H]1CC=C1CC(=O)CC[C@@H]1[C@@H](c2ccccc2)OC(C)(C)N1C(=O)OC(C)(C)C. The number of rotatable bonds is 7. The Bertz CT molecular complexity index is 1020. The van der Waals surface area contributed by atoms with Gasteiger partial charge in [0.25, 0.3) is 0 Å². The minimum atomic E-state index is -0.907. The van der Waals surface area contributed by atoms with E-state index in [0.717, 1.165) is 11.1 Å². The third kappa shape index (κ3) is 7.81. The van der Waals surface area contributed by atoms with E-state index in [1.54, 1.807) is 4.90 Å². The molecular formula is C29H42N2O6. The van der Waals surface area contributed by atoms with Crippen LogP contribution in [0.4, 0.5) is 9.59 Å². The van der Waals surface area contributed by atoms with Crippen molar-refractivity contribution in [2.75, 3.05) is 0 Å². The van der Waals surface area contributed by atoms with Crippen LogP contribution < -0.4 is 5.32 Å². The maximum absolute atomic E-state index is 13.3. The number of carbonyl (C=O) groups is 3. The van der Waals surface area contributed by atoms with Gasteiger partial charge in [-0.15, -0.1) is 0 Å². The van der Waals surface area contributed by atoms with Gasteiger partial charge in [0.2, 0.25) is 0 Å². The van der Waals surface area contributed by atoms with Crippen molar-refractivity contribution in [1.29, 1.82) is 0 Å². The Morgan fingerprint density at radius 2 is 1.65 bits per heavy atom. The summed E-state index contributed by atoms with van der Waals surface area (Å²) in [4.78, 5) is 40.0. The molecule has 0 radical (unpaired) electrons. The van der Waals surface area contributed by atoms with Crippen molar-refractivity contribution in [1.82, 2.24) is 10.2 Å². The van der Waals surface area contributed by atoms with E-state index < -0.39 is 29.1 Å². The van der Waals surface area contributed by atoms with E-state index in [9.17, 15) is 14.4 Å². The summed E-state index contributed by atoms with van der Waals surface area (Å²) in [6.45, 7) is 14.6. The number of alkyl carbamates (subject to hydrolysis) is 1. The van der Waals surface area contributed by atoms with Crippen LogP contribution in [0.5, 0.6) is 0 Å². The zero-order valence-electron chi connectivity index (χ0n) is 23.4. The zero-order chi connectivity index (χ0) is 27.6. The van der Waals surface area contributed by atoms with Gasteiger partial charge < -0.3 is 19.5 Å². The molecule has 1 N–H and O–H groups in total. The number of ketones is 1. The molecule has 1 aromatic rings. The predicted octanol–water partition coefficient (Wildman–Crippen LogP) is 6.06. The smallest absolute Gasteiger partial charge is 0.412 e. The average Bonchev–Trinajstić information content (AvgIpc) is 3.02. The average molecular weight is 515 g/mol. The molecule has 1 aromatic carbocycles. The normalized spacial score (nSPS) is 23.1. The maximum atomic E-state index is 13.3. The van der Waals surface area contributed by atoms with Crippen LogP contribution in [-0.4, -0.2) is 51.9 Å². The predicted molar refractivity (Wildman–Crippen MR) is 141 cm³/mol. The Hall–Kier alpha value is -2.87. The van der Waals surface area contributed by atoms with E-state index in [1.807, 2.05) is 91.8 Å². The first-order chi connectivity index (χ1) is 17.1. The number of amides is 2. The van der Waals surface area contributed by atoms with Crippen molar-refractivity contribution in [3.63, 3.8) is 0 Å². The molecule has 3 atom stereocenters. The fourth-order valence-electron chi connectivity index (χ4n) is 4.68. The highest BCUT2D eigenvalue weighted by Crippen LogP contribution is 2.43. The van der Waals surface area contributed by atoms with Gasteiger partial charge in [0.05, 0.1) is 12.1 Å². The summed E-state index contributed by atoms with van der Waals surface area (Å²) in [7, 11) is 0. The Morgan fingerprint density at radius 1 is 1.03 bits per heavy atom. The van der Waals surface area contributed by atoms with Gasteiger partial charge in [0.1, 0.15) is 28.8 Å². The number of carbonyl (C=O) groups excluding carboxylic acids is 3. The molecule has 204 valence electrons. The Morgan fingerprint density at radius 3 is 2.19 bits per heavy atom. The van der Waals surface area contributed by atoms with Gasteiger partial charge in [-0.3, -0.25) is 9.69 Å². The third-order valence-corrected chi connectivity index (χ3v) is 6.27. The second kappa shape index (κ2) is 10.9. The number of nitrogens with one attached hydrogen (secondary N) is 1.